The second-order valence-corrected chi connectivity index (χ2v) is 12.7. The standard InChI is InChI=1S/C30H37N3O5S2/c1-18-2-4-19(5-3-18)23-10-11-33(13-22(35)15-34)14-25(23)24-12-27(40-28(24)30(37)38)20-6-8-21(9-7-20)32-29(36)26-16-39-17-31-26/h6-9,12,16-19,22,29,32,34-36H,2-5,10-11,13-15H2,1H3,(H,37,38). The summed E-state index contributed by atoms with van der Waals surface area (Å²) in [6.45, 7) is 3.72. The van der Waals surface area contributed by atoms with E-state index in [-0.39, 0.29) is 6.61 Å². The summed E-state index contributed by atoms with van der Waals surface area (Å²) in [7, 11) is 0. The van der Waals surface area contributed by atoms with Crippen molar-refractivity contribution in [1.29, 1.82) is 0 Å². The average molecular weight is 584 g/mol. The summed E-state index contributed by atoms with van der Waals surface area (Å²) in [4.78, 5) is 20.0. The van der Waals surface area contributed by atoms with Gasteiger partial charge in [-0.25, -0.2) is 9.78 Å². The Labute approximate surface area is 242 Å². The molecule has 0 bridgehead atoms. The van der Waals surface area contributed by atoms with Gasteiger partial charge >= 0.3 is 5.97 Å². The van der Waals surface area contributed by atoms with Crippen LogP contribution in [0, 0.1) is 11.8 Å². The Morgan fingerprint density at radius 2 is 1.93 bits per heavy atom. The van der Waals surface area contributed by atoms with E-state index in [2.05, 4.69) is 22.1 Å². The van der Waals surface area contributed by atoms with E-state index < -0.39 is 18.3 Å². The molecule has 2 aromatic heterocycles. The molecule has 0 amide bonds. The Bertz CT molecular complexity index is 1310. The summed E-state index contributed by atoms with van der Waals surface area (Å²) < 4.78 is 0. The number of nitrogens with zero attached hydrogens (tertiary/aromatic N) is 2. The van der Waals surface area contributed by atoms with Crippen LogP contribution in [0.4, 0.5) is 5.69 Å². The third-order valence-electron chi connectivity index (χ3n) is 8.11. The molecule has 40 heavy (non-hydrogen) atoms. The van der Waals surface area contributed by atoms with Crippen LogP contribution in [-0.2, 0) is 0 Å². The van der Waals surface area contributed by atoms with E-state index in [1.807, 2.05) is 30.3 Å². The van der Waals surface area contributed by atoms with Crippen molar-refractivity contribution in [2.24, 2.45) is 11.8 Å². The quantitative estimate of drug-likeness (QED) is 0.203. The Balaban J connectivity index is 1.45. The van der Waals surface area contributed by atoms with Gasteiger partial charge in [0.15, 0.2) is 6.23 Å². The number of carbonyl (C=O) groups is 1. The molecule has 1 aliphatic carbocycles. The van der Waals surface area contributed by atoms with Crippen LogP contribution in [0.1, 0.15) is 66.2 Å². The Kier molecular flexibility index (Phi) is 9.34. The number of aliphatic hydroxyl groups is 3. The van der Waals surface area contributed by atoms with Crippen molar-refractivity contribution in [2.45, 2.75) is 51.4 Å². The van der Waals surface area contributed by atoms with Crippen LogP contribution in [0.5, 0.6) is 0 Å². The molecular weight excluding hydrogens is 546 g/mol. The molecule has 3 heterocycles. The third kappa shape index (κ3) is 6.64. The minimum absolute atomic E-state index is 0.294. The van der Waals surface area contributed by atoms with Crippen molar-refractivity contribution >= 4 is 39.9 Å². The summed E-state index contributed by atoms with van der Waals surface area (Å²) in [5.74, 6) is 0.241. The smallest absolute Gasteiger partial charge is 0.346 e. The minimum Gasteiger partial charge on any atom is -0.477 e. The number of hydrogen-bond donors (Lipinski definition) is 5. The van der Waals surface area contributed by atoms with Gasteiger partial charge in [-0.3, -0.25) is 4.90 Å². The molecule has 2 atom stereocenters. The molecule has 0 saturated heterocycles. The fourth-order valence-electron chi connectivity index (χ4n) is 5.90. The van der Waals surface area contributed by atoms with Crippen molar-refractivity contribution in [1.82, 2.24) is 9.88 Å². The molecule has 2 aliphatic rings. The second kappa shape index (κ2) is 12.9. The van der Waals surface area contributed by atoms with Crippen molar-refractivity contribution in [3.63, 3.8) is 0 Å². The van der Waals surface area contributed by atoms with Gasteiger partial charge in [-0.1, -0.05) is 37.5 Å². The minimum atomic E-state index is -0.937. The van der Waals surface area contributed by atoms with E-state index in [0.29, 0.717) is 29.6 Å². The number of aliphatic hydroxyl groups excluding tert-OH is 3. The van der Waals surface area contributed by atoms with E-state index in [9.17, 15) is 25.2 Å². The van der Waals surface area contributed by atoms with Gasteiger partial charge < -0.3 is 25.7 Å². The van der Waals surface area contributed by atoms with Crippen LogP contribution in [0.25, 0.3) is 16.0 Å². The highest BCUT2D eigenvalue weighted by molar-refractivity contribution is 7.17. The Morgan fingerprint density at radius 3 is 2.58 bits per heavy atom. The molecule has 10 heteroatoms. The number of nitrogens with one attached hydrogen (secondary N) is 1. The van der Waals surface area contributed by atoms with Crippen LogP contribution in [0.15, 0.2) is 46.8 Å². The van der Waals surface area contributed by atoms with Crippen molar-refractivity contribution in [3.8, 4) is 10.4 Å². The summed E-state index contributed by atoms with van der Waals surface area (Å²) >= 11 is 2.70. The van der Waals surface area contributed by atoms with Gasteiger partial charge in [-0.2, -0.15) is 0 Å². The Morgan fingerprint density at radius 1 is 1.18 bits per heavy atom. The van der Waals surface area contributed by atoms with E-state index in [1.165, 1.54) is 41.1 Å². The third-order valence-corrected chi connectivity index (χ3v) is 9.89. The van der Waals surface area contributed by atoms with Gasteiger partial charge in [0.25, 0.3) is 0 Å². The maximum atomic E-state index is 12.5. The predicted octanol–water partition coefficient (Wildman–Crippen LogP) is 5.31. The van der Waals surface area contributed by atoms with Gasteiger partial charge in [-0.15, -0.1) is 22.7 Å². The van der Waals surface area contributed by atoms with E-state index in [4.69, 9.17) is 0 Å². The van der Waals surface area contributed by atoms with E-state index in [0.717, 1.165) is 59.0 Å². The van der Waals surface area contributed by atoms with Gasteiger partial charge in [0, 0.05) is 41.1 Å². The largest absolute Gasteiger partial charge is 0.477 e. The molecule has 5 rings (SSSR count). The molecular formula is C30H37N3O5S2. The zero-order chi connectivity index (χ0) is 28.2. The first kappa shape index (κ1) is 28.9. The lowest BCUT2D eigenvalue weighted by molar-refractivity contribution is 0.0618. The van der Waals surface area contributed by atoms with Gasteiger partial charge in [0.05, 0.1) is 18.2 Å². The number of carboxylic acids is 1. The summed E-state index contributed by atoms with van der Waals surface area (Å²) in [6.07, 6.45) is 3.74. The van der Waals surface area contributed by atoms with Gasteiger partial charge in [0.1, 0.15) is 10.6 Å². The van der Waals surface area contributed by atoms with Crippen molar-refractivity contribution in [2.75, 3.05) is 31.6 Å². The zero-order valence-corrected chi connectivity index (χ0v) is 24.3. The molecule has 8 nitrogen and oxygen atoms in total. The summed E-state index contributed by atoms with van der Waals surface area (Å²) in [6, 6.07) is 9.61. The van der Waals surface area contributed by atoms with Crippen LogP contribution >= 0.6 is 22.7 Å². The number of hydrogen-bond acceptors (Lipinski definition) is 9. The molecule has 3 aromatic rings. The SMILES string of the molecule is CC1CCC(C2=C(c3cc(-c4ccc(NC(O)c5cscn5)cc4)sc3C(=O)O)CN(CC(O)CO)CC2)CC1. The van der Waals surface area contributed by atoms with Crippen molar-refractivity contribution in [3.05, 3.63) is 62.9 Å². The number of benzene rings is 1. The highest BCUT2D eigenvalue weighted by Crippen LogP contribution is 2.43. The number of carboxylic acid groups (broad SMARTS) is 1. The van der Waals surface area contributed by atoms with Crippen LogP contribution in [-0.4, -0.2) is 68.6 Å². The van der Waals surface area contributed by atoms with Crippen LogP contribution < -0.4 is 5.32 Å². The molecule has 5 N–H and O–H groups in total. The van der Waals surface area contributed by atoms with Gasteiger partial charge in [-0.05, 0) is 60.4 Å². The Hall–Kier alpha value is -2.60. The molecule has 1 saturated carbocycles. The summed E-state index contributed by atoms with van der Waals surface area (Å²) in [5.41, 5.74) is 7.08. The second-order valence-electron chi connectivity index (χ2n) is 11.0. The molecule has 1 aliphatic heterocycles. The van der Waals surface area contributed by atoms with Crippen LogP contribution in [0.3, 0.4) is 0 Å². The number of thiazole rings is 1. The average Bonchev–Trinajstić information content (AvgIpc) is 3.65. The summed E-state index contributed by atoms with van der Waals surface area (Å²) in [5, 5.41) is 44.9. The predicted molar refractivity (Wildman–Crippen MR) is 160 cm³/mol. The molecule has 2 unspecified atom stereocenters. The van der Waals surface area contributed by atoms with Gasteiger partial charge in [0.2, 0.25) is 0 Å². The highest BCUT2D eigenvalue weighted by atomic mass is 32.1. The first-order valence-corrected chi connectivity index (χ1v) is 15.6. The number of rotatable bonds is 10. The topological polar surface area (TPSA) is 126 Å². The van der Waals surface area contributed by atoms with E-state index in [1.54, 1.807) is 10.9 Å². The number of β-amino-alcohol motifs (C(OH)–C–C–N with tert-alkyl or cyclic N) is 1. The number of thiophene rings is 1. The molecule has 1 fully saturated rings. The maximum absolute atomic E-state index is 12.5. The molecule has 214 valence electrons. The normalized spacial score (nSPS) is 21.8. The van der Waals surface area contributed by atoms with Crippen molar-refractivity contribution < 1.29 is 25.2 Å². The highest BCUT2D eigenvalue weighted by Gasteiger charge is 2.31. The maximum Gasteiger partial charge on any atom is 0.346 e. The lowest BCUT2D eigenvalue weighted by Gasteiger charge is -2.37. The first-order chi connectivity index (χ1) is 19.3. The molecule has 0 radical (unpaired) electrons. The number of aromatic carboxylic acids is 1. The lowest BCUT2D eigenvalue weighted by atomic mass is 9.75. The molecule has 0 spiro atoms. The lowest BCUT2D eigenvalue weighted by Crippen LogP contribution is -2.39. The van der Waals surface area contributed by atoms with Crippen LogP contribution in [0.2, 0.25) is 0 Å². The molecule has 1 aromatic carbocycles. The number of anilines is 1. The number of aromatic nitrogens is 1. The fourth-order valence-corrected chi connectivity index (χ4v) is 7.50. The zero-order valence-electron chi connectivity index (χ0n) is 22.6. The van der Waals surface area contributed by atoms with E-state index >= 15 is 0 Å². The monoisotopic (exact) mass is 583 g/mol. The fraction of sp³-hybridized carbons (Fsp3) is 0.467. The first-order valence-electron chi connectivity index (χ1n) is 13.9.